The van der Waals surface area contributed by atoms with Crippen LogP contribution < -0.4 is 19.8 Å². The number of rotatable bonds is 9. The molecule has 0 aliphatic rings. The summed E-state index contributed by atoms with van der Waals surface area (Å²) in [6, 6.07) is 14.0. The van der Waals surface area contributed by atoms with Crippen molar-refractivity contribution in [1.82, 2.24) is 0 Å². The van der Waals surface area contributed by atoms with Crippen molar-refractivity contribution in [2.45, 2.75) is 33.1 Å². The van der Waals surface area contributed by atoms with Crippen LogP contribution in [0, 0.1) is 0 Å². The molecule has 1 heterocycles. The number of hydrogen-bond donors (Lipinski definition) is 0. The van der Waals surface area contributed by atoms with Gasteiger partial charge < -0.3 is 18.6 Å². The van der Waals surface area contributed by atoms with Gasteiger partial charge in [0.1, 0.15) is 11.3 Å². The van der Waals surface area contributed by atoms with Crippen molar-refractivity contribution >= 4 is 16.9 Å². The predicted octanol–water partition coefficient (Wildman–Crippen LogP) is 4.52. The lowest BCUT2D eigenvalue weighted by Crippen LogP contribution is -2.10. The van der Waals surface area contributed by atoms with E-state index in [-0.39, 0.29) is 12.4 Å². The van der Waals surface area contributed by atoms with E-state index in [1.807, 2.05) is 38.1 Å². The Morgan fingerprint density at radius 2 is 1.76 bits per heavy atom. The zero-order valence-electron chi connectivity index (χ0n) is 16.6. The van der Waals surface area contributed by atoms with Gasteiger partial charge in [0.25, 0.3) is 0 Å². The third kappa shape index (κ3) is 5.38. The third-order valence-corrected chi connectivity index (χ3v) is 4.35. The minimum absolute atomic E-state index is 0.202. The van der Waals surface area contributed by atoms with E-state index in [1.54, 1.807) is 18.2 Å². The van der Waals surface area contributed by atoms with Crippen molar-refractivity contribution in [2.75, 3.05) is 13.2 Å². The van der Waals surface area contributed by atoms with E-state index in [4.69, 9.17) is 18.6 Å². The highest BCUT2D eigenvalue weighted by Crippen LogP contribution is 2.27. The van der Waals surface area contributed by atoms with Gasteiger partial charge in [-0.25, -0.2) is 4.79 Å². The maximum atomic E-state index is 12.1. The highest BCUT2D eigenvalue weighted by atomic mass is 16.5. The Hall–Kier alpha value is -3.28. The summed E-state index contributed by atoms with van der Waals surface area (Å²) in [6.45, 7) is 4.80. The fraction of sp³-hybridized carbons (Fsp3) is 0.304. The van der Waals surface area contributed by atoms with E-state index < -0.39 is 5.63 Å². The van der Waals surface area contributed by atoms with Gasteiger partial charge in [-0.15, -0.1) is 0 Å². The van der Waals surface area contributed by atoms with Gasteiger partial charge in [0.2, 0.25) is 0 Å². The average molecular weight is 396 g/mol. The SMILES string of the molecule is CCOc1ccccc1OCCCC(=O)Oc1ccc2c(CC)cc(=O)oc2c1. The van der Waals surface area contributed by atoms with Crippen LogP contribution in [-0.4, -0.2) is 19.2 Å². The molecule has 6 nitrogen and oxygen atoms in total. The number of ether oxygens (including phenoxy) is 3. The molecule has 0 unspecified atom stereocenters. The lowest BCUT2D eigenvalue weighted by atomic mass is 10.1. The van der Waals surface area contributed by atoms with Crippen molar-refractivity contribution in [2.24, 2.45) is 0 Å². The van der Waals surface area contributed by atoms with Crippen LogP contribution in [0.4, 0.5) is 0 Å². The molecule has 6 heteroatoms. The lowest BCUT2D eigenvalue weighted by Gasteiger charge is -2.11. The van der Waals surface area contributed by atoms with Gasteiger partial charge in [-0.2, -0.15) is 0 Å². The summed E-state index contributed by atoms with van der Waals surface area (Å²) in [5, 5.41) is 0.841. The molecule has 0 bridgehead atoms. The van der Waals surface area contributed by atoms with E-state index in [1.165, 1.54) is 6.07 Å². The number of carbonyl (C=O) groups is 1. The van der Waals surface area contributed by atoms with E-state index in [2.05, 4.69) is 0 Å². The zero-order valence-corrected chi connectivity index (χ0v) is 16.6. The van der Waals surface area contributed by atoms with Gasteiger partial charge in [0.05, 0.1) is 13.2 Å². The van der Waals surface area contributed by atoms with Gasteiger partial charge in [0, 0.05) is 23.9 Å². The van der Waals surface area contributed by atoms with Crippen molar-refractivity contribution in [3.63, 3.8) is 0 Å². The summed E-state index contributed by atoms with van der Waals surface area (Å²) in [5.74, 6) is 1.31. The first kappa shape index (κ1) is 20.5. The second-order valence-electron chi connectivity index (χ2n) is 6.41. The van der Waals surface area contributed by atoms with Crippen LogP contribution in [0.2, 0.25) is 0 Å². The first-order chi connectivity index (χ1) is 14.1. The van der Waals surface area contributed by atoms with Gasteiger partial charge >= 0.3 is 11.6 Å². The fourth-order valence-electron chi connectivity index (χ4n) is 2.99. The maximum Gasteiger partial charge on any atom is 0.336 e. The molecular formula is C23H24O6. The summed E-state index contributed by atoms with van der Waals surface area (Å²) in [5.41, 5.74) is 0.899. The molecule has 0 spiro atoms. The largest absolute Gasteiger partial charge is 0.490 e. The van der Waals surface area contributed by atoms with Gasteiger partial charge in [0.15, 0.2) is 11.5 Å². The smallest absolute Gasteiger partial charge is 0.336 e. The van der Waals surface area contributed by atoms with Gasteiger partial charge in [-0.3, -0.25) is 4.79 Å². The summed E-state index contributed by atoms with van der Waals surface area (Å²) in [4.78, 5) is 23.8. The molecule has 0 radical (unpaired) electrons. The molecular weight excluding hydrogens is 372 g/mol. The number of esters is 1. The van der Waals surface area contributed by atoms with E-state index in [9.17, 15) is 9.59 Å². The number of fused-ring (bicyclic) bond motifs is 1. The van der Waals surface area contributed by atoms with E-state index in [0.29, 0.717) is 48.9 Å². The lowest BCUT2D eigenvalue weighted by molar-refractivity contribution is -0.134. The molecule has 0 amide bonds. The monoisotopic (exact) mass is 396 g/mol. The second-order valence-corrected chi connectivity index (χ2v) is 6.41. The summed E-state index contributed by atoms with van der Waals surface area (Å²) >= 11 is 0. The van der Waals surface area contributed by atoms with Crippen LogP contribution in [0.15, 0.2) is 57.7 Å². The van der Waals surface area contributed by atoms with Crippen LogP contribution >= 0.6 is 0 Å². The number of benzene rings is 2. The van der Waals surface area contributed by atoms with Crippen LogP contribution in [0.3, 0.4) is 0 Å². The van der Waals surface area contributed by atoms with Gasteiger partial charge in [-0.1, -0.05) is 19.1 Å². The minimum atomic E-state index is -0.415. The molecule has 0 aliphatic carbocycles. The fourth-order valence-corrected chi connectivity index (χ4v) is 2.99. The van der Waals surface area contributed by atoms with Gasteiger partial charge in [-0.05, 0) is 49.6 Å². The number of para-hydroxylation sites is 2. The van der Waals surface area contributed by atoms with E-state index in [0.717, 1.165) is 10.9 Å². The molecule has 2 aromatic carbocycles. The standard InChI is InChI=1S/C23H24O6/c1-3-16-14-23(25)29-21-15-17(11-12-18(16)21)28-22(24)10-7-13-27-20-9-6-5-8-19(20)26-4-2/h5-6,8-9,11-12,14-15H,3-4,7,10,13H2,1-2H3. The Kier molecular flexibility index (Phi) is 6.89. The Balaban J connectivity index is 1.54. The molecule has 29 heavy (non-hydrogen) atoms. The number of aryl methyl sites for hydroxylation is 1. The summed E-state index contributed by atoms with van der Waals surface area (Å²) in [6.07, 6.45) is 1.42. The van der Waals surface area contributed by atoms with Crippen molar-refractivity contribution in [3.05, 3.63) is 64.5 Å². The molecule has 0 atom stereocenters. The van der Waals surface area contributed by atoms with E-state index >= 15 is 0 Å². The predicted molar refractivity (Wildman–Crippen MR) is 110 cm³/mol. The van der Waals surface area contributed by atoms with Crippen LogP contribution in [0.5, 0.6) is 17.2 Å². The normalized spacial score (nSPS) is 10.7. The van der Waals surface area contributed by atoms with Crippen LogP contribution in [0.1, 0.15) is 32.3 Å². The Morgan fingerprint density at radius 1 is 1.00 bits per heavy atom. The average Bonchev–Trinajstić information content (AvgIpc) is 2.71. The van der Waals surface area contributed by atoms with Crippen molar-refractivity contribution < 1.29 is 23.4 Å². The van der Waals surface area contributed by atoms with Crippen molar-refractivity contribution in [3.8, 4) is 17.2 Å². The third-order valence-electron chi connectivity index (χ3n) is 4.35. The maximum absolute atomic E-state index is 12.1. The van der Waals surface area contributed by atoms with Crippen molar-refractivity contribution in [1.29, 1.82) is 0 Å². The molecule has 0 aliphatic heterocycles. The van der Waals surface area contributed by atoms with Crippen LogP contribution in [0.25, 0.3) is 11.0 Å². The second kappa shape index (κ2) is 9.78. The number of hydrogen-bond acceptors (Lipinski definition) is 6. The number of carbonyl (C=O) groups excluding carboxylic acids is 1. The molecule has 152 valence electrons. The van der Waals surface area contributed by atoms with Crippen LogP contribution in [-0.2, 0) is 11.2 Å². The zero-order chi connectivity index (χ0) is 20.6. The molecule has 0 N–H and O–H groups in total. The highest BCUT2D eigenvalue weighted by Gasteiger charge is 2.10. The Morgan fingerprint density at radius 3 is 2.48 bits per heavy atom. The molecule has 1 aromatic heterocycles. The Labute approximate surface area is 169 Å². The first-order valence-electron chi connectivity index (χ1n) is 9.72. The molecule has 3 aromatic rings. The summed E-state index contributed by atoms with van der Waals surface area (Å²) in [7, 11) is 0. The molecule has 0 saturated carbocycles. The topological polar surface area (TPSA) is 75.0 Å². The highest BCUT2D eigenvalue weighted by molar-refractivity contribution is 5.82. The quantitative estimate of drug-likeness (QED) is 0.229. The summed E-state index contributed by atoms with van der Waals surface area (Å²) < 4.78 is 21.8. The Bertz CT molecular complexity index is 1040. The molecule has 3 rings (SSSR count). The first-order valence-corrected chi connectivity index (χ1v) is 9.72. The minimum Gasteiger partial charge on any atom is -0.490 e. The molecule has 0 fully saturated rings. The molecule has 0 saturated heterocycles.